The number of imide groups is 1. The molecule has 0 aromatic heterocycles. The minimum atomic E-state index is -0.583. The highest BCUT2D eigenvalue weighted by Crippen LogP contribution is 2.27. The van der Waals surface area contributed by atoms with Crippen LogP contribution in [-0.2, 0) is 4.79 Å². The number of urea groups is 1. The van der Waals surface area contributed by atoms with Crippen LogP contribution in [0.4, 0.5) is 4.79 Å². The van der Waals surface area contributed by atoms with Crippen LogP contribution in [0.25, 0.3) is 0 Å². The van der Waals surface area contributed by atoms with E-state index in [1.54, 1.807) is 18.2 Å². The van der Waals surface area contributed by atoms with Crippen LogP contribution in [0.5, 0.6) is 5.75 Å². The quantitative estimate of drug-likeness (QED) is 0.894. The Morgan fingerprint density at radius 3 is 2.76 bits per heavy atom. The Balaban J connectivity index is 2.50. The number of carbonyl (C=O) groups is 2. The van der Waals surface area contributed by atoms with Gasteiger partial charge < -0.3 is 10.1 Å². The maximum absolute atomic E-state index is 11.2. The fourth-order valence-electron chi connectivity index (χ4n) is 0.961. The molecule has 1 aromatic rings. The van der Waals surface area contributed by atoms with E-state index in [0.29, 0.717) is 10.8 Å². The molecule has 3 amide bonds. The lowest BCUT2D eigenvalue weighted by Gasteiger charge is -2.08. The van der Waals surface area contributed by atoms with E-state index in [9.17, 15) is 9.59 Å². The highest BCUT2D eigenvalue weighted by atomic mass is 79.9. The molecule has 0 unspecified atom stereocenters. The number of nitrogens with one attached hydrogen (secondary N) is 2. The smallest absolute Gasteiger partial charge is 0.321 e. The van der Waals surface area contributed by atoms with Crippen molar-refractivity contribution in [2.75, 3.05) is 13.7 Å². The third-order valence-electron chi connectivity index (χ3n) is 1.73. The summed E-state index contributed by atoms with van der Waals surface area (Å²) in [7, 11) is 1.41. The average molecular weight is 322 g/mol. The molecule has 0 aliphatic heterocycles. The maximum Gasteiger partial charge on any atom is 0.321 e. The second-order valence-electron chi connectivity index (χ2n) is 2.99. The highest BCUT2D eigenvalue weighted by molar-refractivity contribution is 9.10. The number of carbonyl (C=O) groups excluding carboxylic acids is 2. The maximum atomic E-state index is 11.2. The number of benzene rings is 1. The molecule has 0 saturated carbocycles. The summed E-state index contributed by atoms with van der Waals surface area (Å²) in [6, 6.07) is 4.42. The molecule has 0 aliphatic rings. The SMILES string of the molecule is CNC(=O)NC(=O)COc1ccc(Br)cc1Cl. The molecular formula is C10H10BrClN2O3. The van der Waals surface area contributed by atoms with Gasteiger partial charge in [0, 0.05) is 11.5 Å². The van der Waals surface area contributed by atoms with Crippen LogP contribution in [0.3, 0.4) is 0 Å². The van der Waals surface area contributed by atoms with Crippen molar-refractivity contribution in [1.29, 1.82) is 0 Å². The Bertz CT molecular complexity index is 440. The van der Waals surface area contributed by atoms with Crippen molar-refractivity contribution in [1.82, 2.24) is 10.6 Å². The van der Waals surface area contributed by atoms with Gasteiger partial charge in [0.2, 0.25) is 0 Å². The molecule has 5 nitrogen and oxygen atoms in total. The number of hydrogen-bond donors (Lipinski definition) is 2. The lowest BCUT2D eigenvalue weighted by Crippen LogP contribution is -2.39. The summed E-state index contributed by atoms with van der Waals surface area (Å²) in [6.07, 6.45) is 0. The molecule has 0 saturated heterocycles. The van der Waals surface area contributed by atoms with Gasteiger partial charge >= 0.3 is 6.03 Å². The van der Waals surface area contributed by atoms with Gasteiger partial charge in [-0.1, -0.05) is 27.5 Å². The van der Waals surface area contributed by atoms with Gasteiger partial charge in [0.25, 0.3) is 5.91 Å². The summed E-state index contributed by atoms with van der Waals surface area (Å²) in [5.41, 5.74) is 0. The molecule has 7 heteroatoms. The molecule has 0 heterocycles. The zero-order chi connectivity index (χ0) is 12.8. The monoisotopic (exact) mass is 320 g/mol. The van der Waals surface area contributed by atoms with Gasteiger partial charge in [-0.15, -0.1) is 0 Å². The fourth-order valence-corrected chi connectivity index (χ4v) is 1.69. The van der Waals surface area contributed by atoms with Crippen LogP contribution in [0.15, 0.2) is 22.7 Å². The third-order valence-corrected chi connectivity index (χ3v) is 2.52. The van der Waals surface area contributed by atoms with Crippen LogP contribution >= 0.6 is 27.5 Å². The van der Waals surface area contributed by atoms with E-state index in [1.807, 2.05) is 0 Å². The Morgan fingerprint density at radius 1 is 1.47 bits per heavy atom. The van der Waals surface area contributed by atoms with Crippen molar-refractivity contribution in [3.8, 4) is 5.75 Å². The van der Waals surface area contributed by atoms with E-state index >= 15 is 0 Å². The van der Waals surface area contributed by atoms with Gasteiger partial charge in [-0.2, -0.15) is 0 Å². The second-order valence-corrected chi connectivity index (χ2v) is 4.31. The molecule has 0 radical (unpaired) electrons. The van der Waals surface area contributed by atoms with E-state index < -0.39 is 11.9 Å². The molecule has 0 aliphatic carbocycles. The Morgan fingerprint density at radius 2 is 2.18 bits per heavy atom. The molecule has 92 valence electrons. The second kappa shape index (κ2) is 6.46. The third kappa shape index (κ3) is 4.62. The topological polar surface area (TPSA) is 67.4 Å². The summed E-state index contributed by atoms with van der Waals surface area (Å²) in [4.78, 5) is 22.0. The van der Waals surface area contributed by atoms with Crippen LogP contribution < -0.4 is 15.4 Å². The van der Waals surface area contributed by atoms with E-state index in [2.05, 4.69) is 26.6 Å². The van der Waals surface area contributed by atoms with Gasteiger partial charge in [-0.05, 0) is 18.2 Å². The van der Waals surface area contributed by atoms with Crippen molar-refractivity contribution < 1.29 is 14.3 Å². The molecule has 17 heavy (non-hydrogen) atoms. The molecular weight excluding hydrogens is 311 g/mol. The van der Waals surface area contributed by atoms with Gasteiger partial charge in [-0.25, -0.2) is 4.79 Å². The van der Waals surface area contributed by atoms with Crippen molar-refractivity contribution in [3.05, 3.63) is 27.7 Å². The van der Waals surface area contributed by atoms with Crippen molar-refractivity contribution in [2.45, 2.75) is 0 Å². The first-order valence-corrected chi connectivity index (χ1v) is 5.79. The number of ether oxygens (including phenoxy) is 1. The van der Waals surface area contributed by atoms with Gasteiger partial charge in [-0.3, -0.25) is 10.1 Å². The summed E-state index contributed by atoms with van der Waals surface area (Å²) < 4.78 is 5.96. The minimum Gasteiger partial charge on any atom is -0.482 e. The Labute approximate surface area is 112 Å². The van der Waals surface area contributed by atoms with Gasteiger partial charge in [0.15, 0.2) is 6.61 Å². The molecule has 0 bridgehead atoms. The highest BCUT2D eigenvalue weighted by Gasteiger charge is 2.08. The van der Waals surface area contributed by atoms with E-state index in [0.717, 1.165) is 4.47 Å². The zero-order valence-corrected chi connectivity index (χ0v) is 11.3. The van der Waals surface area contributed by atoms with E-state index in [1.165, 1.54) is 7.05 Å². The number of hydrogen-bond acceptors (Lipinski definition) is 3. The van der Waals surface area contributed by atoms with Crippen LogP contribution in [0.1, 0.15) is 0 Å². The predicted octanol–water partition coefficient (Wildman–Crippen LogP) is 1.94. The molecule has 1 aromatic carbocycles. The largest absolute Gasteiger partial charge is 0.482 e. The number of rotatable bonds is 3. The van der Waals surface area contributed by atoms with Crippen molar-refractivity contribution in [2.24, 2.45) is 0 Å². The van der Waals surface area contributed by atoms with Crippen LogP contribution in [-0.4, -0.2) is 25.6 Å². The average Bonchev–Trinajstić information content (AvgIpc) is 2.27. The normalized spacial score (nSPS) is 9.59. The van der Waals surface area contributed by atoms with E-state index in [-0.39, 0.29) is 6.61 Å². The van der Waals surface area contributed by atoms with Gasteiger partial charge in [0.05, 0.1) is 5.02 Å². The first-order valence-electron chi connectivity index (χ1n) is 4.62. The number of halogens is 2. The summed E-state index contributed by atoms with van der Waals surface area (Å²) in [5.74, 6) is -0.176. The fraction of sp³-hybridized carbons (Fsp3) is 0.200. The van der Waals surface area contributed by atoms with Crippen molar-refractivity contribution >= 4 is 39.5 Å². The van der Waals surface area contributed by atoms with Crippen LogP contribution in [0.2, 0.25) is 5.02 Å². The summed E-state index contributed by atoms with van der Waals surface area (Å²) >= 11 is 9.13. The first-order chi connectivity index (χ1) is 8.02. The summed E-state index contributed by atoms with van der Waals surface area (Å²) in [5, 5.41) is 4.70. The van der Waals surface area contributed by atoms with Crippen molar-refractivity contribution in [3.63, 3.8) is 0 Å². The number of amides is 3. The molecule has 0 atom stereocenters. The Hall–Kier alpha value is -1.27. The summed E-state index contributed by atoms with van der Waals surface area (Å²) in [6.45, 7) is -0.283. The van der Waals surface area contributed by atoms with E-state index in [4.69, 9.17) is 16.3 Å². The first kappa shape index (κ1) is 13.8. The molecule has 0 fully saturated rings. The lowest BCUT2D eigenvalue weighted by molar-refractivity contribution is -0.121. The zero-order valence-electron chi connectivity index (χ0n) is 8.92. The molecule has 0 spiro atoms. The van der Waals surface area contributed by atoms with Gasteiger partial charge in [0.1, 0.15) is 5.75 Å². The minimum absolute atomic E-state index is 0.283. The lowest BCUT2D eigenvalue weighted by atomic mass is 10.3. The predicted molar refractivity (Wildman–Crippen MR) is 67.2 cm³/mol. The van der Waals surface area contributed by atoms with Crippen LogP contribution in [0, 0.1) is 0 Å². The Kier molecular flexibility index (Phi) is 5.24. The molecule has 1 rings (SSSR count). The standard InChI is InChI=1S/C10H10BrClN2O3/c1-13-10(16)14-9(15)5-17-8-3-2-6(11)4-7(8)12/h2-4H,5H2,1H3,(H2,13,14,15,16). The molecule has 2 N–H and O–H groups in total.